The van der Waals surface area contributed by atoms with Gasteiger partial charge in [-0.25, -0.2) is 4.79 Å². The van der Waals surface area contributed by atoms with E-state index in [0.29, 0.717) is 22.4 Å². The van der Waals surface area contributed by atoms with Crippen LogP contribution in [-0.2, 0) is 4.74 Å². The smallest absolute Gasteiger partial charge is 0.342 e. The van der Waals surface area contributed by atoms with Crippen molar-refractivity contribution in [1.29, 1.82) is 0 Å². The summed E-state index contributed by atoms with van der Waals surface area (Å²) in [6.07, 6.45) is -0.0747. The molecule has 1 atom stereocenters. The second kappa shape index (κ2) is 6.66. The van der Waals surface area contributed by atoms with E-state index in [1.165, 1.54) is 6.07 Å². The van der Waals surface area contributed by atoms with Crippen molar-refractivity contribution in [1.82, 2.24) is 0 Å². The summed E-state index contributed by atoms with van der Waals surface area (Å²) in [7, 11) is 0. The van der Waals surface area contributed by atoms with E-state index in [0.717, 1.165) is 0 Å². The predicted molar refractivity (Wildman–Crippen MR) is 76.7 cm³/mol. The third-order valence-corrected chi connectivity index (χ3v) is 3.08. The second-order valence-electron chi connectivity index (χ2n) is 4.67. The Morgan fingerprint density at radius 2 is 2.00 bits per heavy atom. The van der Waals surface area contributed by atoms with Crippen LogP contribution in [0.2, 0.25) is 5.02 Å². The van der Waals surface area contributed by atoms with Gasteiger partial charge in [0.1, 0.15) is 5.56 Å². The summed E-state index contributed by atoms with van der Waals surface area (Å²) in [4.78, 5) is 11.9. The maximum Gasteiger partial charge on any atom is 0.342 e. The SMILES string of the molecule is CCOC(=O)c1cc(N)cc(Cl)c1OC(C)C(C)C. The Morgan fingerprint density at radius 1 is 1.37 bits per heavy atom. The molecule has 5 heteroatoms. The molecule has 0 saturated heterocycles. The van der Waals surface area contributed by atoms with E-state index >= 15 is 0 Å². The molecule has 106 valence electrons. The van der Waals surface area contributed by atoms with Gasteiger partial charge in [-0.05, 0) is 31.9 Å². The van der Waals surface area contributed by atoms with E-state index in [4.69, 9.17) is 26.8 Å². The first-order chi connectivity index (χ1) is 8.86. The minimum atomic E-state index is -0.484. The third kappa shape index (κ3) is 4.03. The fourth-order valence-corrected chi connectivity index (χ4v) is 1.69. The Bertz CT molecular complexity index is 460. The van der Waals surface area contributed by atoms with Crippen molar-refractivity contribution in [2.24, 2.45) is 5.92 Å². The van der Waals surface area contributed by atoms with Crippen molar-refractivity contribution >= 4 is 23.3 Å². The van der Waals surface area contributed by atoms with E-state index in [-0.39, 0.29) is 18.3 Å². The van der Waals surface area contributed by atoms with Gasteiger partial charge in [-0.3, -0.25) is 0 Å². The fourth-order valence-electron chi connectivity index (χ4n) is 1.42. The van der Waals surface area contributed by atoms with Gasteiger partial charge in [-0.2, -0.15) is 0 Å². The van der Waals surface area contributed by atoms with Gasteiger partial charge < -0.3 is 15.2 Å². The number of ether oxygens (including phenoxy) is 2. The Labute approximate surface area is 118 Å². The summed E-state index contributed by atoms with van der Waals surface area (Å²) in [5, 5.41) is 0.315. The van der Waals surface area contributed by atoms with Crippen LogP contribution in [0.25, 0.3) is 0 Å². The van der Waals surface area contributed by atoms with Crippen molar-refractivity contribution in [2.45, 2.75) is 33.8 Å². The highest BCUT2D eigenvalue weighted by atomic mass is 35.5. The normalized spacial score (nSPS) is 12.3. The maximum atomic E-state index is 11.9. The van der Waals surface area contributed by atoms with Crippen LogP contribution in [0.4, 0.5) is 5.69 Å². The largest absolute Gasteiger partial charge is 0.488 e. The molecule has 0 aliphatic heterocycles. The molecule has 1 aromatic rings. The van der Waals surface area contributed by atoms with Gasteiger partial charge in [0.25, 0.3) is 0 Å². The molecule has 4 nitrogen and oxygen atoms in total. The predicted octanol–water partition coefficient (Wildman–Crippen LogP) is 3.52. The van der Waals surface area contributed by atoms with Crippen LogP contribution in [0.15, 0.2) is 12.1 Å². The average molecular weight is 286 g/mol. The molecule has 0 heterocycles. The summed E-state index contributed by atoms with van der Waals surface area (Å²) in [5.41, 5.74) is 6.37. The summed E-state index contributed by atoms with van der Waals surface area (Å²) in [6.45, 7) is 8.00. The molecule has 1 aromatic carbocycles. The van der Waals surface area contributed by atoms with E-state index in [1.54, 1.807) is 13.0 Å². The second-order valence-corrected chi connectivity index (χ2v) is 5.07. The highest BCUT2D eigenvalue weighted by Crippen LogP contribution is 2.33. The summed E-state index contributed by atoms with van der Waals surface area (Å²) >= 11 is 6.11. The number of carbonyl (C=O) groups excluding carboxylic acids is 1. The first-order valence-corrected chi connectivity index (χ1v) is 6.67. The van der Waals surface area contributed by atoms with Gasteiger partial charge in [-0.15, -0.1) is 0 Å². The van der Waals surface area contributed by atoms with Crippen molar-refractivity contribution < 1.29 is 14.3 Å². The molecule has 0 fully saturated rings. The van der Waals surface area contributed by atoms with Gasteiger partial charge in [0.15, 0.2) is 5.75 Å². The number of anilines is 1. The lowest BCUT2D eigenvalue weighted by atomic mass is 10.1. The van der Waals surface area contributed by atoms with Crippen LogP contribution in [0.3, 0.4) is 0 Å². The first kappa shape index (κ1) is 15.6. The molecule has 2 N–H and O–H groups in total. The lowest BCUT2D eigenvalue weighted by Gasteiger charge is -2.21. The summed E-state index contributed by atoms with van der Waals surface area (Å²) in [5.74, 6) is 0.141. The Balaban J connectivity index is 3.16. The maximum absolute atomic E-state index is 11.9. The lowest BCUT2D eigenvalue weighted by Crippen LogP contribution is -2.21. The van der Waals surface area contributed by atoms with E-state index in [2.05, 4.69) is 0 Å². The third-order valence-electron chi connectivity index (χ3n) is 2.80. The molecular formula is C14H20ClNO3. The number of benzene rings is 1. The van der Waals surface area contributed by atoms with Gasteiger partial charge in [0.05, 0.1) is 17.7 Å². The topological polar surface area (TPSA) is 61.5 Å². The molecule has 0 amide bonds. The number of hydrogen-bond donors (Lipinski definition) is 1. The van der Waals surface area contributed by atoms with Gasteiger partial charge in [0, 0.05) is 5.69 Å². The molecule has 0 aliphatic carbocycles. The highest BCUT2D eigenvalue weighted by Gasteiger charge is 2.21. The van der Waals surface area contributed by atoms with E-state index in [1.807, 2.05) is 20.8 Å². The van der Waals surface area contributed by atoms with Gasteiger partial charge in [-0.1, -0.05) is 25.4 Å². The van der Waals surface area contributed by atoms with Crippen molar-refractivity contribution in [3.8, 4) is 5.75 Å². The molecule has 19 heavy (non-hydrogen) atoms. The molecule has 1 rings (SSSR count). The van der Waals surface area contributed by atoms with Crippen LogP contribution in [0, 0.1) is 5.92 Å². The Morgan fingerprint density at radius 3 is 2.53 bits per heavy atom. The van der Waals surface area contributed by atoms with Crippen molar-refractivity contribution in [3.63, 3.8) is 0 Å². The van der Waals surface area contributed by atoms with E-state index in [9.17, 15) is 4.79 Å². The number of nitrogen functional groups attached to an aromatic ring is 1. The molecule has 0 aliphatic rings. The molecule has 0 bridgehead atoms. The van der Waals surface area contributed by atoms with Gasteiger partial charge >= 0.3 is 5.97 Å². The Hall–Kier alpha value is -1.42. The molecule has 0 saturated carbocycles. The van der Waals surface area contributed by atoms with Crippen molar-refractivity contribution in [2.75, 3.05) is 12.3 Å². The molecule has 0 radical (unpaired) electrons. The number of esters is 1. The zero-order valence-corrected chi connectivity index (χ0v) is 12.5. The lowest BCUT2D eigenvalue weighted by molar-refractivity contribution is 0.0517. The minimum absolute atomic E-state index is 0.0747. The highest BCUT2D eigenvalue weighted by molar-refractivity contribution is 6.33. The first-order valence-electron chi connectivity index (χ1n) is 6.29. The number of carbonyl (C=O) groups is 1. The number of hydrogen-bond acceptors (Lipinski definition) is 4. The molecular weight excluding hydrogens is 266 g/mol. The van der Waals surface area contributed by atoms with Crippen LogP contribution in [-0.4, -0.2) is 18.7 Å². The molecule has 0 aromatic heterocycles. The molecule has 1 unspecified atom stereocenters. The van der Waals surface area contributed by atoms with Crippen LogP contribution >= 0.6 is 11.6 Å². The molecule has 0 spiro atoms. The van der Waals surface area contributed by atoms with Gasteiger partial charge in [0.2, 0.25) is 0 Å². The van der Waals surface area contributed by atoms with E-state index < -0.39 is 5.97 Å². The van der Waals surface area contributed by atoms with Crippen LogP contribution in [0.1, 0.15) is 38.1 Å². The summed E-state index contributed by atoms with van der Waals surface area (Å²) in [6, 6.07) is 3.08. The monoisotopic (exact) mass is 285 g/mol. The number of halogens is 1. The van der Waals surface area contributed by atoms with Crippen LogP contribution in [0.5, 0.6) is 5.75 Å². The standard InChI is InChI=1S/C14H20ClNO3/c1-5-18-14(17)11-6-10(16)7-12(15)13(11)19-9(4)8(2)3/h6-9H,5,16H2,1-4H3. The van der Waals surface area contributed by atoms with Crippen molar-refractivity contribution in [3.05, 3.63) is 22.7 Å². The Kier molecular flexibility index (Phi) is 5.48. The minimum Gasteiger partial charge on any atom is -0.488 e. The average Bonchev–Trinajstić information content (AvgIpc) is 2.32. The number of rotatable bonds is 5. The quantitative estimate of drug-likeness (QED) is 0.664. The zero-order chi connectivity index (χ0) is 14.6. The zero-order valence-electron chi connectivity index (χ0n) is 11.7. The summed E-state index contributed by atoms with van der Waals surface area (Å²) < 4.78 is 10.8. The fraction of sp³-hybridized carbons (Fsp3) is 0.500. The van der Waals surface area contributed by atoms with Crippen LogP contribution < -0.4 is 10.5 Å². The number of nitrogens with two attached hydrogens (primary N) is 1.